The summed E-state index contributed by atoms with van der Waals surface area (Å²) in [6, 6.07) is 3.36. The van der Waals surface area contributed by atoms with Crippen molar-refractivity contribution in [2.75, 3.05) is 0 Å². The van der Waals surface area contributed by atoms with Gasteiger partial charge in [-0.1, -0.05) is 31.4 Å². The summed E-state index contributed by atoms with van der Waals surface area (Å²) in [6.07, 6.45) is 5.40. The Balaban J connectivity index is 3.00. The van der Waals surface area contributed by atoms with E-state index in [4.69, 9.17) is 0 Å². The first-order valence-corrected chi connectivity index (χ1v) is 6.44. The minimum absolute atomic E-state index is 0.179. The van der Waals surface area contributed by atoms with Gasteiger partial charge in [0.1, 0.15) is 5.82 Å². The van der Waals surface area contributed by atoms with Crippen molar-refractivity contribution < 1.29 is 4.39 Å². The summed E-state index contributed by atoms with van der Waals surface area (Å²) < 4.78 is 13.8. The van der Waals surface area contributed by atoms with Gasteiger partial charge in [-0.25, -0.2) is 4.39 Å². The van der Waals surface area contributed by atoms with Crippen LogP contribution in [0.1, 0.15) is 30.5 Å². The second-order valence-corrected chi connectivity index (χ2v) is 4.89. The first-order valence-electron chi connectivity index (χ1n) is 5.45. The molecule has 0 aliphatic heterocycles. The molecule has 0 fully saturated rings. The fourth-order valence-corrected chi connectivity index (χ4v) is 2.16. The normalized spacial score (nSPS) is 11.4. The Morgan fingerprint density at radius 2 is 1.88 bits per heavy atom. The van der Waals surface area contributed by atoms with Crippen LogP contribution in [0.3, 0.4) is 0 Å². The molecule has 0 aromatic heterocycles. The number of hydrogen-bond donors (Lipinski definition) is 0. The third-order valence-electron chi connectivity index (χ3n) is 2.55. The van der Waals surface area contributed by atoms with Crippen LogP contribution in [-0.4, -0.2) is 0 Å². The maximum atomic E-state index is 13.8. The summed E-state index contributed by atoms with van der Waals surface area (Å²) in [5.74, 6) is 0.460. The van der Waals surface area contributed by atoms with E-state index in [0.29, 0.717) is 11.3 Å². The molecule has 0 saturated carbocycles. The van der Waals surface area contributed by atoms with Gasteiger partial charge in [-0.3, -0.25) is 0 Å². The van der Waals surface area contributed by atoms with Gasteiger partial charge in [0.05, 0.1) is 0 Å². The molecular formula is C15H17FS. The van der Waals surface area contributed by atoms with Crippen molar-refractivity contribution in [3.63, 3.8) is 0 Å². The van der Waals surface area contributed by atoms with Crippen LogP contribution in [0, 0.1) is 5.82 Å². The van der Waals surface area contributed by atoms with Gasteiger partial charge in [-0.15, -0.1) is 11.8 Å². The predicted molar refractivity (Wildman–Crippen MR) is 77.3 cm³/mol. The number of allylic oxidation sites excluding steroid dienone is 2. The Hall–Kier alpha value is -1.28. The van der Waals surface area contributed by atoms with Crippen LogP contribution in [0.15, 0.2) is 36.3 Å². The van der Waals surface area contributed by atoms with Crippen molar-refractivity contribution in [2.24, 2.45) is 0 Å². The highest BCUT2D eigenvalue weighted by atomic mass is 32.2. The molecule has 0 unspecified atom stereocenters. The maximum absolute atomic E-state index is 13.8. The molecule has 1 aromatic carbocycles. The highest BCUT2D eigenvalue weighted by Crippen LogP contribution is 2.25. The smallest absolute Gasteiger partial charge is 0.127 e. The lowest BCUT2D eigenvalue weighted by Gasteiger charge is -2.08. The molecule has 90 valence electrons. The monoisotopic (exact) mass is 248 g/mol. The van der Waals surface area contributed by atoms with E-state index in [2.05, 4.69) is 13.2 Å². The van der Waals surface area contributed by atoms with Crippen molar-refractivity contribution in [1.29, 1.82) is 0 Å². The van der Waals surface area contributed by atoms with Crippen LogP contribution >= 0.6 is 11.8 Å². The Morgan fingerprint density at radius 3 is 2.41 bits per heavy atom. The zero-order valence-corrected chi connectivity index (χ0v) is 11.1. The van der Waals surface area contributed by atoms with Crippen LogP contribution in [0.25, 0.3) is 12.2 Å². The van der Waals surface area contributed by atoms with Crippen LogP contribution < -0.4 is 0 Å². The van der Waals surface area contributed by atoms with Crippen molar-refractivity contribution in [3.8, 4) is 0 Å². The summed E-state index contributed by atoms with van der Waals surface area (Å²) in [4.78, 5) is 1.19. The average Bonchev–Trinajstić information content (AvgIpc) is 2.36. The highest BCUT2D eigenvalue weighted by molar-refractivity contribution is 8.02. The summed E-state index contributed by atoms with van der Waals surface area (Å²) in [6.45, 7) is 11.4. The van der Waals surface area contributed by atoms with Gasteiger partial charge >= 0.3 is 0 Å². The van der Waals surface area contributed by atoms with Gasteiger partial charge in [0.15, 0.2) is 0 Å². The second-order valence-electron chi connectivity index (χ2n) is 3.67. The fourth-order valence-electron chi connectivity index (χ4n) is 1.39. The van der Waals surface area contributed by atoms with Crippen LogP contribution in [0.4, 0.5) is 4.39 Å². The van der Waals surface area contributed by atoms with E-state index in [9.17, 15) is 4.39 Å². The molecule has 0 nitrogen and oxygen atoms in total. The first kappa shape index (κ1) is 13.8. The van der Waals surface area contributed by atoms with Gasteiger partial charge < -0.3 is 0 Å². The second kappa shape index (κ2) is 6.45. The Bertz CT molecular complexity index is 458. The fraction of sp³-hybridized carbons (Fsp3) is 0.200. The summed E-state index contributed by atoms with van der Waals surface area (Å²) in [5.41, 5.74) is 2.42. The van der Waals surface area contributed by atoms with Crippen LogP contribution in [0.2, 0.25) is 0 Å². The molecule has 0 bridgehead atoms. The number of rotatable bonds is 5. The largest absolute Gasteiger partial charge is 0.207 e. The molecule has 0 saturated heterocycles. The van der Waals surface area contributed by atoms with Crippen LogP contribution in [-0.2, 0) is 5.75 Å². The molecule has 0 atom stereocenters. The summed E-state index contributed by atoms with van der Waals surface area (Å²) in [5, 5.41) is 0. The lowest BCUT2D eigenvalue weighted by molar-refractivity contribution is 0.617. The molecule has 0 heterocycles. The minimum atomic E-state index is -0.179. The van der Waals surface area contributed by atoms with Crippen molar-refractivity contribution in [2.45, 2.75) is 19.6 Å². The van der Waals surface area contributed by atoms with Gasteiger partial charge in [-0.2, -0.15) is 0 Å². The van der Waals surface area contributed by atoms with Crippen molar-refractivity contribution in [1.82, 2.24) is 0 Å². The van der Waals surface area contributed by atoms with E-state index in [1.54, 1.807) is 23.9 Å². The third-order valence-corrected chi connectivity index (χ3v) is 3.70. The van der Waals surface area contributed by atoms with E-state index < -0.39 is 0 Å². The molecule has 0 N–H and O–H groups in total. The van der Waals surface area contributed by atoms with E-state index in [-0.39, 0.29) is 5.82 Å². The molecule has 2 heteroatoms. The zero-order chi connectivity index (χ0) is 12.8. The minimum Gasteiger partial charge on any atom is -0.207 e. The number of hydrogen-bond acceptors (Lipinski definition) is 1. The summed E-state index contributed by atoms with van der Waals surface area (Å²) in [7, 11) is 0. The first-order chi connectivity index (χ1) is 8.12. The maximum Gasteiger partial charge on any atom is 0.127 e. The predicted octanol–water partition coefficient (Wildman–Crippen LogP) is 5.27. The van der Waals surface area contributed by atoms with E-state index in [1.165, 1.54) is 11.0 Å². The standard InChI is InChI=1S/C15H17FS/c1-5-11(4)17-10-14-8-12(6-2)13(7-3)9-15(14)16/h5-9H,2-3,10H2,1,4H3/b11-5-. The molecule has 1 rings (SSSR count). The molecule has 0 aliphatic rings. The topological polar surface area (TPSA) is 0 Å². The molecule has 1 aromatic rings. The zero-order valence-electron chi connectivity index (χ0n) is 10.3. The Labute approximate surface area is 107 Å². The molecule has 0 spiro atoms. The van der Waals surface area contributed by atoms with Crippen LogP contribution in [0.5, 0.6) is 0 Å². The van der Waals surface area contributed by atoms with Crippen molar-refractivity contribution in [3.05, 3.63) is 58.8 Å². The van der Waals surface area contributed by atoms with E-state index in [0.717, 1.165) is 11.1 Å². The quantitative estimate of drug-likeness (QED) is 0.684. The number of halogens is 1. The molecule has 17 heavy (non-hydrogen) atoms. The van der Waals surface area contributed by atoms with E-state index >= 15 is 0 Å². The Morgan fingerprint density at radius 1 is 1.29 bits per heavy atom. The number of benzene rings is 1. The molecule has 0 aliphatic carbocycles. The highest BCUT2D eigenvalue weighted by Gasteiger charge is 2.06. The van der Waals surface area contributed by atoms with E-state index in [1.807, 2.05) is 26.0 Å². The number of thioether (sulfide) groups is 1. The van der Waals surface area contributed by atoms with Gasteiger partial charge in [0.25, 0.3) is 0 Å². The Kier molecular flexibility index (Phi) is 5.23. The lowest BCUT2D eigenvalue weighted by atomic mass is 10.0. The lowest BCUT2D eigenvalue weighted by Crippen LogP contribution is -1.92. The van der Waals surface area contributed by atoms with Gasteiger partial charge in [0, 0.05) is 5.75 Å². The molecule has 0 amide bonds. The SMILES string of the molecule is C=Cc1cc(F)c(CS/C(C)=C\C)cc1C=C. The van der Waals surface area contributed by atoms with Crippen molar-refractivity contribution >= 4 is 23.9 Å². The van der Waals surface area contributed by atoms with Gasteiger partial charge in [-0.05, 0) is 47.6 Å². The summed E-state index contributed by atoms with van der Waals surface area (Å²) >= 11 is 1.64. The third kappa shape index (κ3) is 3.60. The average molecular weight is 248 g/mol. The molecular weight excluding hydrogens is 231 g/mol. The molecule has 0 radical (unpaired) electrons. The van der Waals surface area contributed by atoms with Gasteiger partial charge in [0.2, 0.25) is 0 Å².